The monoisotopic (exact) mass is 140 g/mol. The van der Waals surface area contributed by atoms with E-state index in [9.17, 15) is 0 Å². The second-order valence-electron chi connectivity index (χ2n) is 1.51. The Bertz CT molecular complexity index is 198. The highest BCUT2D eigenvalue weighted by molar-refractivity contribution is 6.30. The summed E-state index contributed by atoms with van der Waals surface area (Å²) in [5.41, 5.74) is 0. The molecule has 0 bridgehead atoms. The largest absolute Gasteiger partial charge is 0.497 e. The molecule has 0 aliphatic rings. The van der Waals surface area contributed by atoms with Crippen LogP contribution in [0.1, 0.15) is 0 Å². The van der Waals surface area contributed by atoms with Crippen molar-refractivity contribution in [3.8, 4) is 5.75 Å². The van der Waals surface area contributed by atoms with E-state index < -0.39 is 0 Å². The maximum absolute atomic E-state index is 5.56. The van der Waals surface area contributed by atoms with Gasteiger partial charge in [-0.25, -0.2) is 0 Å². The van der Waals surface area contributed by atoms with Crippen molar-refractivity contribution in [1.29, 1.82) is 0 Å². The summed E-state index contributed by atoms with van der Waals surface area (Å²) >= 11 is 5.56. The van der Waals surface area contributed by atoms with Gasteiger partial charge in [-0.15, -0.1) is 0 Å². The first kappa shape index (κ1) is 6.43. The summed E-state index contributed by atoms with van der Waals surface area (Å²) < 4.78 is 4.86. The van der Waals surface area contributed by atoms with Crippen molar-refractivity contribution in [2.45, 2.75) is 0 Å². The zero-order valence-corrected chi connectivity index (χ0v) is 5.70. The topological polar surface area (TPSA) is 9.23 Å². The van der Waals surface area contributed by atoms with Crippen molar-refractivity contribution in [1.82, 2.24) is 0 Å². The van der Waals surface area contributed by atoms with Gasteiger partial charge in [0.05, 0.1) is 12.1 Å². The van der Waals surface area contributed by atoms with Gasteiger partial charge in [-0.05, 0) is 18.2 Å². The van der Waals surface area contributed by atoms with E-state index in [0.717, 1.165) is 0 Å². The highest BCUT2D eigenvalue weighted by atomic mass is 35.5. The Morgan fingerprint density at radius 3 is 2.89 bits per heavy atom. The normalized spacial score (nSPS) is 9.11. The second-order valence-corrected chi connectivity index (χ2v) is 1.92. The average Bonchev–Trinajstić information content (AvgIpc) is 1.88. The number of benzene rings is 1. The lowest BCUT2D eigenvalue weighted by atomic mass is 10.3. The third-order valence-corrected chi connectivity index (χ3v) is 1.11. The molecule has 2 heteroatoms. The van der Waals surface area contributed by atoms with E-state index >= 15 is 0 Å². The highest BCUT2D eigenvalue weighted by Crippen LogP contribution is 2.14. The third kappa shape index (κ3) is 1.61. The summed E-state index contributed by atoms with van der Waals surface area (Å²) in [7, 11) is 1.58. The third-order valence-electron chi connectivity index (χ3n) is 0.911. The van der Waals surface area contributed by atoms with Gasteiger partial charge in [0.2, 0.25) is 0 Å². The van der Waals surface area contributed by atoms with Gasteiger partial charge in [-0.2, -0.15) is 0 Å². The van der Waals surface area contributed by atoms with Gasteiger partial charge in [-0.1, -0.05) is 11.6 Å². The van der Waals surface area contributed by atoms with Crippen molar-refractivity contribution in [2.75, 3.05) is 7.11 Å². The minimum Gasteiger partial charge on any atom is -0.497 e. The molecule has 1 rings (SSSR count). The molecule has 0 unspecified atom stereocenters. The Hall–Kier alpha value is -0.690. The molecule has 0 saturated carbocycles. The number of methoxy groups -OCH3 is 1. The molecule has 0 atom stereocenters. The Kier molecular flexibility index (Phi) is 1.96. The molecule has 1 aromatic carbocycles. The maximum Gasteiger partial charge on any atom is 0.121 e. The first-order valence-electron chi connectivity index (χ1n) is 2.46. The van der Waals surface area contributed by atoms with E-state index in [1.165, 1.54) is 0 Å². The van der Waals surface area contributed by atoms with Crippen LogP contribution in [-0.2, 0) is 0 Å². The van der Waals surface area contributed by atoms with Crippen LogP contribution in [0, 0.1) is 12.1 Å². The van der Waals surface area contributed by atoms with Crippen LogP contribution < -0.4 is 4.74 Å². The molecule has 9 heavy (non-hydrogen) atoms. The molecule has 1 aromatic rings. The first-order chi connectivity index (χ1) is 4.33. The zero-order chi connectivity index (χ0) is 6.69. The molecular formula is C7H5ClO. The predicted octanol–water partition coefficient (Wildman–Crippen LogP) is 1.95. The van der Waals surface area contributed by atoms with Crippen molar-refractivity contribution in [3.05, 3.63) is 29.3 Å². The number of hydrogen-bond donors (Lipinski definition) is 0. The predicted molar refractivity (Wildman–Crippen MR) is 35.7 cm³/mol. The van der Waals surface area contributed by atoms with Gasteiger partial charge >= 0.3 is 0 Å². The van der Waals surface area contributed by atoms with E-state index in [-0.39, 0.29) is 0 Å². The van der Waals surface area contributed by atoms with Crippen LogP contribution in [0.25, 0.3) is 0 Å². The summed E-state index contributed by atoms with van der Waals surface area (Å²) in [6, 6.07) is 8.72. The molecule has 0 heterocycles. The fourth-order valence-corrected chi connectivity index (χ4v) is 0.659. The van der Waals surface area contributed by atoms with Crippen molar-refractivity contribution in [3.63, 3.8) is 0 Å². The fourth-order valence-electron chi connectivity index (χ4n) is 0.497. The molecule has 1 nitrogen and oxygen atoms in total. The van der Waals surface area contributed by atoms with Crippen LogP contribution in [0.4, 0.5) is 0 Å². The Morgan fingerprint density at radius 1 is 1.67 bits per heavy atom. The van der Waals surface area contributed by atoms with E-state index in [1.54, 1.807) is 19.2 Å². The number of halogens is 1. The zero-order valence-electron chi connectivity index (χ0n) is 4.94. The molecule has 0 saturated heterocycles. The Morgan fingerprint density at radius 2 is 2.44 bits per heavy atom. The molecule has 0 fully saturated rings. The fraction of sp³-hybridized carbons (Fsp3) is 0.143. The van der Waals surface area contributed by atoms with Crippen molar-refractivity contribution < 1.29 is 4.74 Å². The van der Waals surface area contributed by atoms with E-state index in [4.69, 9.17) is 16.3 Å². The van der Waals surface area contributed by atoms with Crippen LogP contribution >= 0.6 is 11.6 Å². The standard InChI is InChI=1S/C7H5ClO/c1-9-7-4-2-3-6(8)5-7/h4-5H,1H3. The minimum atomic E-state index is 0.523. The lowest BCUT2D eigenvalue weighted by molar-refractivity contribution is 0.414. The molecular weight excluding hydrogens is 136 g/mol. The van der Waals surface area contributed by atoms with Gasteiger partial charge in [0.15, 0.2) is 0 Å². The number of rotatable bonds is 1. The second kappa shape index (κ2) is 2.74. The van der Waals surface area contributed by atoms with Crippen LogP contribution in [0.5, 0.6) is 5.75 Å². The first-order valence-corrected chi connectivity index (χ1v) is 2.83. The summed E-state index contributed by atoms with van der Waals surface area (Å²) in [6.45, 7) is 0. The van der Waals surface area contributed by atoms with Crippen LogP contribution in [0.15, 0.2) is 12.1 Å². The average molecular weight is 141 g/mol. The molecule has 2 radical (unpaired) electrons. The van der Waals surface area contributed by atoms with Crippen LogP contribution in [0.2, 0.25) is 5.02 Å². The van der Waals surface area contributed by atoms with Gasteiger partial charge in [0, 0.05) is 6.07 Å². The molecule has 0 aromatic heterocycles. The van der Waals surface area contributed by atoms with Crippen LogP contribution in [0.3, 0.4) is 0 Å². The summed E-state index contributed by atoms with van der Waals surface area (Å²) in [4.78, 5) is 0. The number of hydrogen-bond acceptors (Lipinski definition) is 1. The molecule has 0 spiro atoms. The summed E-state index contributed by atoms with van der Waals surface area (Å²) in [6.07, 6.45) is 0. The van der Waals surface area contributed by atoms with Gasteiger partial charge in [-0.3, -0.25) is 0 Å². The van der Waals surface area contributed by atoms with Gasteiger partial charge in [0.1, 0.15) is 5.75 Å². The number of ether oxygens (including phenoxy) is 1. The Balaban J connectivity index is 2.94. The molecule has 46 valence electrons. The molecule has 0 N–H and O–H groups in total. The van der Waals surface area contributed by atoms with E-state index in [2.05, 4.69) is 12.1 Å². The molecule has 0 amide bonds. The van der Waals surface area contributed by atoms with E-state index in [0.29, 0.717) is 10.8 Å². The van der Waals surface area contributed by atoms with Crippen molar-refractivity contribution >= 4 is 11.6 Å². The quantitative estimate of drug-likeness (QED) is 0.580. The van der Waals surface area contributed by atoms with Gasteiger partial charge < -0.3 is 4.74 Å². The maximum atomic E-state index is 5.56. The molecule has 0 aliphatic carbocycles. The highest BCUT2D eigenvalue weighted by Gasteiger charge is 1.89. The SMILES string of the molecule is COc1c[c][c]c(Cl)c1. The van der Waals surface area contributed by atoms with E-state index in [1.807, 2.05) is 0 Å². The van der Waals surface area contributed by atoms with Crippen molar-refractivity contribution in [2.24, 2.45) is 0 Å². The van der Waals surface area contributed by atoms with Crippen LogP contribution in [-0.4, -0.2) is 7.11 Å². The minimum absolute atomic E-state index is 0.523. The van der Waals surface area contributed by atoms with Gasteiger partial charge in [0.25, 0.3) is 0 Å². The summed E-state index contributed by atoms with van der Waals surface area (Å²) in [5, 5.41) is 0.523. The smallest absolute Gasteiger partial charge is 0.121 e. The Labute approximate surface area is 59.2 Å². The summed E-state index contributed by atoms with van der Waals surface area (Å²) in [5.74, 6) is 0.707. The lowest BCUT2D eigenvalue weighted by Crippen LogP contribution is -1.80. The molecule has 0 aliphatic heterocycles. The lowest BCUT2D eigenvalue weighted by Gasteiger charge is -1.95.